The van der Waals surface area contributed by atoms with Crippen molar-refractivity contribution in [3.8, 4) is 0 Å². The number of alkyl halides is 6. The summed E-state index contributed by atoms with van der Waals surface area (Å²) in [6.07, 6.45) is -1.29. The molecule has 0 fully saturated rings. The fourth-order valence-electron chi connectivity index (χ4n) is 12.3. The van der Waals surface area contributed by atoms with Crippen LogP contribution in [0.15, 0.2) is 112 Å². The number of fused-ring (bicyclic) bond motifs is 6. The molecule has 9 aromatic rings. The summed E-state index contributed by atoms with van der Waals surface area (Å²) in [5.74, 6) is -18.1. The lowest BCUT2D eigenvalue weighted by molar-refractivity contribution is -0.138. The van der Waals surface area contributed by atoms with Crippen LogP contribution in [-0.2, 0) is 101 Å². The molecule has 0 bridgehead atoms. The van der Waals surface area contributed by atoms with E-state index in [2.05, 4.69) is 0 Å². The maximum Gasteiger partial charge on any atom is 0.323 e. The lowest BCUT2D eigenvalue weighted by atomic mass is 9.97. The van der Waals surface area contributed by atoms with Gasteiger partial charge in [-0.15, -0.1) is 0 Å². The first kappa shape index (κ1) is 68.2. The van der Waals surface area contributed by atoms with Gasteiger partial charge in [0.15, 0.2) is 9.84 Å². The molecule has 31 heteroatoms. The smallest absolute Gasteiger partial charge is 0.323 e. The second-order valence-electron chi connectivity index (χ2n) is 23.1. The fraction of sp³-hybridized carbons (Fsp3) is 0.286. The van der Waals surface area contributed by atoms with E-state index in [1.807, 2.05) is 0 Å². The summed E-state index contributed by atoms with van der Waals surface area (Å²) < 4.78 is 238. The van der Waals surface area contributed by atoms with Crippen molar-refractivity contribution >= 4 is 80.5 Å². The number of aromatic nitrogens is 3. The number of sulfonamides is 2. The van der Waals surface area contributed by atoms with Crippen LogP contribution in [0.25, 0.3) is 32.7 Å². The molecular formula is C63H54F11N5O12S3. The lowest BCUT2D eigenvalue weighted by Gasteiger charge is -2.31. The molecule has 12 rings (SSSR count). The molecule has 3 aliphatic rings. The Morgan fingerprint density at radius 1 is 0.447 bits per heavy atom. The number of carboxylic acid groups (broad SMARTS) is 3. The number of halogens is 11. The van der Waals surface area contributed by atoms with Gasteiger partial charge < -0.3 is 29.0 Å². The molecule has 17 nitrogen and oxygen atoms in total. The number of hydrogen-bond donors (Lipinski definition) is 3. The number of nitrogens with zero attached hydrogens (tertiary/aromatic N) is 5. The van der Waals surface area contributed by atoms with Gasteiger partial charge in [-0.3, -0.25) is 14.4 Å². The van der Waals surface area contributed by atoms with E-state index in [9.17, 15) is 103 Å². The third-order valence-corrected chi connectivity index (χ3v) is 22.5. The molecule has 0 unspecified atom stereocenters. The molecule has 0 atom stereocenters. The fourth-order valence-corrected chi connectivity index (χ4v) is 16.7. The van der Waals surface area contributed by atoms with Crippen molar-refractivity contribution in [2.24, 2.45) is 0 Å². The lowest BCUT2D eigenvalue weighted by Crippen LogP contribution is -2.43. The van der Waals surface area contributed by atoms with Crippen molar-refractivity contribution in [2.45, 2.75) is 98.5 Å². The predicted octanol–water partition coefficient (Wildman–Crippen LogP) is 11.3. The van der Waals surface area contributed by atoms with E-state index in [0.29, 0.717) is 92.8 Å². The zero-order chi connectivity index (χ0) is 69.0. The van der Waals surface area contributed by atoms with Gasteiger partial charge in [-0.25, -0.2) is 56.0 Å². The Morgan fingerprint density at radius 3 is 1.19 bits per heavy atom. The van der Waals surface area contributed by atoms with E-state index in [1.54, 1.807) is 20.8 Å². The topological polar surface area (TPSA) is 236 Å². The van der Waals surface area contributed by atoms with Gasteiger partial charge in [0.05, 0.1) is 33.5 Å². The first-order valence-corrected chi connectivity index (χ1v) is 32.7. The molecule has 498 valence electrons. The van der Waals surface area contributed by atoms with Crippen LogP contribution in [-0.4, -0.2) is 114 Å². The van der Waals surface area contributed by atoms with Crippen LogP contribution < -0.4 is 0 Å². The Hall–Kier alpha value is -8.65. The average molecular weight is 1380 g/mol. The SMILES string of the molecule is Cc1c(Cc2cc3c(cc2F)S(=O)(=O)CCC3(F)F)c2cc(F)ccc2n1CC(=O)O.Cc1c(Cc2cc3c(cc2F)S(=O)(=O)N(C)CC3(F)F)c2cc(F)ccc2n1CC(=O)O.Cc1c(Cc2ccc3c(c2)C(F)(F)CN(C)S3(=O)=O)c2cc(F)ccc2n1CC(=O)O. The Balaban J connectivity index is 0.000000154. The van der Waals surface area contributed by atoms with Crippen LogP contribution in [0, 0.1) is 49.9 Å². The molecule has 3 aromatic heterocycles. The molecule has 0 spiro atoms. The number of sulfone groups is 1. The number of hydrogen-bond acceptors (Lipinski definition) is 9. The maximum atomic E-state index is 14.9. The number of carboxylic acids is 3. The Morgan fingerprint density at radius 2 is 0.798 bits per heavy atom. The second-order valence-corrected chi connectivity index (χ2v) is 29.2. The molecular weight excluding hydrogens is 1320 g/mol. The third kappa shape index (κ3) is 12.5. The zero-order valence-electron chi connectivity index (χ0n) is 49.9. The summed E-state index contributed by atoms with van der Waals surface area (Å²) in [4.78, 5) is 31.8. The van der Waals surface area contributed by atoms with Gasteiger partial charge in [-0.2, -0.15) is 26.2 Å². The molecule has 3 N–H and O–H groups in total. The average Bonchev–Trinajstić information content (AvgIpc) is 1.14. The normalized spacial score (nSPS) is 17.3. The second kappa shape index (κ2) is 24.3. The number of rotatable bonds is 12. The van der Waals surface area contributed by atoms with Gasteiger partial charge in [0.2, 0.25) is 20.0 Å². The summed E-state index contributed by atoms with van der Waals surface area (Å²) in [5.41, 5.74) is 1.94. The Labute approximate surface area is 528 Å². The van der Waals surface area contributed by atoms with E-state index in [4.69, 9.17) is 0 Å². The summed E-state index contributed by atoms with van der Waals surface area (Å²) >= 11 is 0. The highest BCUT2D eigenvalue weighted by atomic mass is 32.2. The molecule has 0 saturated heterocycles. The highest BCUT2D eigenvalue weighted by molar-refractivity contribution is 7.91. The number of benzene rings is 6. The Kier molecular flexibility index (Phi) is 17.6. The summed E-state index contributed by atoms with van der Waals surface area (Å²) in [5, 5.41) is 28.8. The summed E-state index contributed by atoms with van der Waals surface area (Å²) in [6.45, 7) is 1.62. The monoisotopic (exact) mass is 1380 g/mol. The van der Waals surface area contributed by atoms with Crippen molar-refractivity contribution in [1.29, 1.82) is 0 Å². The van der Waals surface area contributed by atoms with Crippen molar-refractivity contribution in [2.75, 3.05) is 32.9 Å². The molecule has 6 aromatic carbocycles. The molecule has 3 aliphatic heterocycles. The van der Waals surface area contributed by atoms with E-state index >= 15 is 0 Å². The zero-order valence-corrected chi connectivity index (χ0v) is 52.4. The molecule has 0 amide bonds. The molecule has 0 radical (unpaired) electrons. The van der Waals surface area contributed by atoms with E-state index in [1.165, 1.54) is 68.3 Å². The predicted molar refractivity (Wildman–Crippen MR) is 318 cm³/mol. The van der Waals surface area contributed by atoms with Crippen LogP contribution in [0.2, 0.25) is 0 Å². The number of likely N-dealkylation sites (N-methyl/N-ethyl adjacent to an activating group) is 2. The highest BCUT2D eigenvalue weighted by Crippen LogP contribution is 2.46. The first-order valence-electron chi connectivity index (χ1n) is 28.2. The maximum absolute atomic E-state index is 14.9. The van der Waals surface area contributed by atoms with Crippen LogP contribution in [0.3, 0.4) is 0 Å². The minimum atomic E-state index is -4.27. The van der Waals surface area contributed by atoms with Gasteiger partial charge in [0.1, 0.15) is 48.7 Å². The van der Waals surface area contributed by atoms with Crippen LogP contribution in [0.5, 0.6) is 0 Å². The largest absolute Gasteiger partial charge is 0.480 e. The third-order valence-electron chi connectivity index (χ3n) is 17.0. The Bertz CT molecular complexity index is 5050. The van der Waals surface area contributed by atoms with Crippen molar-refractivity contribution in [3.63, 3.8) is 0 Å². The van der Waals surface area contributed by atoms with E-state index < -0.39 is 164 Å². The summed E-state index contributed by atoms with van der Waals surface area (Å²) in [7, 11) is -10.2. The van der Waals surface area contributed by atoms with Gasteiger partial charge in [-0.1, -0.05) is 6.07 Å². The molecule has 6 heterocycles. The van der Waals surface area contributed by atoms with Gasteiger partial charge >= 0.3 is 17.9 Å². The molecule has 0 aliphatic carbocycles. The molecule has 94 heavy (non-hydrogen) atoms. The number of aliphatic carboxylic acids is 3. The van der Waals surface area contributed by atoms with Crippen molar-refractivity contribution < 1.29 is 103 Å². The molecule has 0 saturated carbocycles. The van der Waals surface area contributed by atoms with Crippen LogP contribution in [0.4, 0.5) is 48.3 Å². The minimum Gasteiger partial charge on any atom is -0.480 e. The quantitative estimate of drug-likeness (QED) is 0.0969. The minimum absolute atomic E-state index is 0.109. The van der Waals surface area contributed by atoms with E-state index in [-0.39, 0.29) is 36.9 Å². The number of carbonyl (C=O) groups is 3. The highest BCUT2D eigenvalue weighted by Gasteiger charge is 2.49. The van der Waals surface area contributed by atoms with Crippen LogP contribution >= 0.6 is 0 Å². The van der Waals surface area contributed by atoms with Crippen molar-refractivity contribution in [3.05, 3.63) is 193 Å². The van der Waals surface area contributed by atoms with E-state index in [0.717, 1.165) is 44.4 Å². The van der Waals surface area contributed by atoms with Crippen LogP contribution in [0.1, 0.15) is 73.6 Å². The van der Waals surface area contributed by atoms with Gasteiger partial charge in [0.25, 0.3) is 17.8 Å². The first-order chi connectivity index (χ1) is 43.6. The summed E-state index contributed by atoms with van der Waals surface area (Å²) in [6, 6.07) is 18.1. The standard InChI is InChI=1S/C21H18F4N2O4S.C21H17F4NO4S.C21H19F3N2O4S/c1-11-14(15-7-13(22)3-4-18(15)27(11)9-20(28)29)5-12-6-16-19(8-17(12)23)32(30,31)26(2)10-21(16,24)25;1-11-14(15-8-13(22)2-3-18(15)26(11)10-20(27)28)6-12-7-16-19(9-17(12)23)31(29,30)5-4-21(16,24)25;1-12-15(16-9-14(22)4-5-18(16)26(12)10-20(27)28)7-13-3-6-19-17(8-13)21(23,24)11-25(2)31(19,29)30/h3-4,6-8H,5,9-10H2,1-2H3,(H,28,29);2-3,7-9H,4-6,10H2,1H3,(H,27,28);3-6,8-9H,7,10-11H2,1-2H3,(H,27,28). The van der Waals surface area contributed by atoms with Gasteiger partial charge in [-0.05, 0) is 152 Å². The van der Waals surface area contributed by atoms with Crippen molar-refractivity contribution in [1.82, 2.24) is 22.3 Å². The van der Waals surface area contributed by atoms with Gasteiger partial charge in [0, 0.05) is 99.8 Å².